The molecule has 0 fully saturated rings. The molecule has 14 heavy (non-hydrogen) atoms. The third-order valence-electron chi connectivity index (χ3n) is 1.57. The minimum Gasteiger partial charge on any atom is -0.319 e. The van der Waals surface area contributed by atoms with E-state index >= 15 is 0 Å². The van der Waals surface area contributed by atoms with Crippen molar-refractivity contribution in [3.8, 4) is 0 Å². The van der Waals surface area contributed by atoms with Gasteiger partial charge in [-0.05, 0) is 52.2 Å². The molecule has 7 heteroatoms. The van der Waals surface area contributed by atoms with Crippen LogP contribution in [0.1, 0.15) is 0 Å². The number of hydrogen-bond donors (Lipinski definition) is 1. The van der Waals surface area contributed by atoms with Crippen LogP contribution in [0, 0.1) is 7.40 Å². The average Bonchev–Trinajstić information content (AvgIpc) is 2.35. The fourth-order valence-corrected chi connectivity index (χ4v) is 1.89. The van der Waals surface area contributed by atoms with E-state index in [-0.39, 0.29) is 13.1 Å². The zero-order chi connectivity index (χ0) is 10.8. The topological polar surface area (TPSA) is 29.9 Å². The van der Waals surface area contributed by atoms with Crippen LogP contribution in [0.15, 0.2) is 6.33 Å². The summed E-state index contributed by atoms with van der Waals surface area (Å²) in [7, 11) is 1.51. The lowest BCUT2D eigenvalue weighted by atomic mass is 10.3. The highest BCUT2D eigenvalue weighted by Gasteiger charge is 2.29. The Morgan fingerprint density at radius 3 is 2.64 bits per heavy atom. The molecule has 1 heterocycles. The predicted molar refractivity (Wildman–Crippen MR) is 66.5 cm³/mol. The van der Waals surface area contributed by atoms with Gasteiger partial charge in [0.2, 0.25) is 0 Å². The van der Waals surface area contributed by atoms with Crippen LogP contribution in [-0.4, -0.2) is 29.1 Å². The first-order valence-electron chi connectivity index (χ1n) is 3.85. The van der Waals surface area contributed by atoms with Crippen molar-refractivity contribution in [3.05, 3.63) is 13.7 Å². The monoisotopic (exact) mass is 427 g/mol. The lowest BCUT2D eigenvalue weighted by molar-refractivity contribution is -0.0138. The van der Waals surface area contributed by atoms with E-state index in [4.69, 9.17) is 0 Å². The van der Waals surface area contributed by atoms with Crippen LogP contribution in [-0.2, 0) is 6.54 Å². The van der Waals surface area contributed by atoms with E-state index < -0.39 is 5.92 Å². The lowest BCUT2D eigenvalue weighted by Gasteiger charge is -2.16. The number of alkyl halides is 2. The molecule has 1 aromatic rings. The van der Waals surface area contributed by atoms with Gasteiger partial charge >= 0.3 is 0 Å². The largest absolute Gasteiger partial charge is 0.319 e. The zero-order valence-electron chi connectivity index (χ0n) is 7.40. The number of imidazole rings is 1. The molecule has 0 radical (unpaired) electrons. The van der Waals surface area contributed by atoms with Crippen LogP contribution < -0.4 is 5.32 Å². The summed E-state index contributed by atoms with van der Waals surface area (Å²) in [6.07, 6.45) is 1.44. The van der Waals surface area contributed by atoms with Gasteiger partial charge in [-0.25, -0.2) is 13.8 Å². The number of nitrogens with one attached hydrogen (secondary N) is 1. The van der Waals surface area contributed by atoms with Crippen LogP contribution in [0.5, 0.6) is 0 Å². The molecule has 0 saturated heterocycles. The summed E-state index contributed by atoms with van der Waals surface area (Å²) in [5, 5.41) is 2.47. The molecule has 0 amide bonds. The van der Waals surface area contributed by atoms with Gasteiger partial charge in [0.1, 0.15) is 7.40 Å². The third kappa shape index (κ3) is 3.26. The quantitative estimate of drug-likeness (QED) is 0.746. The summed E-state index contributed by atoms with van der Waals surface area (Å²) in [6, 6.07) is 0. The van der Waals surface area contributed by atoms with Crippen molar-refractivity contribution in [3.63, 3.8) is 0 Å². The summed E-state index contributed by atoms with van der Waals surface area (Å²) in [6.45, 7) is -0.653. The molecule has 0 atom stereocenters. The van der Waals surface area contributed by atoms with Gasteiger partial charge in [-0.1, -0.05) is 0 Å². The molecule has 3 nitrogen and oxygen atoms in total. The Balaban J connectivity index is 2.73. The molecule has 0 aliphatic carbocycles. The fourth-order valence-electron chi connectivity index (χ4n) is 1.02. The van der Waals surface area contributed by atoms with E-state index in [0.717, 1.165) is 7.40 Å². The number of nitrogens with zero attached hydrogens (tertiary/aromatic N) is 2. The Kier molecular flexibility index (Phi) is 4.50. The minimum absolute atomic E-state index is 0.322. The zero-order valence-corrected chi connectivity index (χ0v) is 11.7. The van der Waals surface area contributed by atoms with Gasteiger partial charge < -0.3 is 9.88 Å². The van der Waals surface area contributed by atoms with Crippen molar-refractivity contribution < 1.29 is 8.78 Å². The second-order valence-electron chi connectivity index (χ2n) is 2.84. The summed E-state index contributed by atoms with van der Waals surface area (Å²) >= 11 is 4.03. The number of rotatable bonds is 4. The third-order valence-corrected chi connectivity index (χ3v) is 4.52. The van der Waals surface area contributed by atoms with Gasteiger partial charge in [-0.2, -0.15) is 0 Å². The normalized spacial score (nSPS) is 12.1. The molecular weight excluding hydrogens is 418 g/mol. The van der Waals surface area contributed by atoms with Crippen LogP contribution in [0.3, 0.4) is 0 Å². The average molecular weight is 427 g/mol. The molecular formula is C7H9F2I2N3. The Labute approximate surface area is 108 Å². The number of halogens is 4. The van der Waals surface area contributed by atoms with Gasteiger partial charge in [0.15, 0.2) is 0 Å². The molecule has 0 spiro atoms. The van der Waals surface area contributed by atoms with Gasteiger partial charge in [0, 0.05) is 0 Å². The van der Waals surface area contributed by atoms with E-state index in [1.54, 1.807) is 0 Å². The molecule has 1 N–H and O–H groups in total. The molecule has 0 bridgehead atoms. The highest BCUT2D eigenvalue weighted by Crippen LogP contribution is 2.19. The van der Waals surface area contributed by atoms with Crippen molar-refractivity contribution in [1.29, 1.82) is 0 Å². The highest BCUT2D eigenvalue weighted by atomic mass is 127. The molecule has 0 unspecified atom stereocenters. The van der Waals surface area contributed by atoms with Crippen molar-refractivity contribution in [2.24, 2.45) is 0 Å². The Morgan fingerprint density at radius 2 is 2.21 bits per heavy atom. The number of hydrogen-bond acceptors (Lipinski definition) is 2. The standard InChI is InChI=1S/C7H9F2I2N3/c1-12-2-7(8,9)3-14-4-13-5(10)6(14)11/h4,12H,2-3H2,1H3. The molecule has 1 rings (SSSR count). The van der Waals surface area contributed by atoms with Gasteiger partial charge in [0.25, 0.3) is 5.92 Å². The Morgan fingerprint density at radius 1 is 1.57 bits per heavy atom. The summed E-state index contributed by atoms with van der Waals surface area (Å²) in [5.41, 5.74) is 0. The van der Waals surface area contributed by atoms with E-state index in [1.165, 1.54) is 17.9 Å². The van der Waals surface area contributed by atoms with Crippen LogP contribution in [0.4, 0.5) is 8.78 Å². The maximum absolute atomic E-state index is 13.2. The van der Waals surface area contributed by atoms with E-state index in [0.29, 0.717) is 0 Å². The number of aromatic nitrogens is 2. The lowest BCUT2D eigenvalue weighted by Crippen LogP contribution is -2.35. The second kappa shape index (κ2) is 5.01. The van der Waals surface area contributed by atoms with Gasteiger partial charge in [0.05, 0.1) is 19.4 Å². The van der Waals surface area contributed by atoms with Crippen LogP contribution in [0.2, 0.25) is 0 Å². The van der Waals surface area contributed by atoms with Crippen molar-refractivity contribution >= 4 is 45.2 Å². The van der Waals surface area contributed by atoms with Gasteiger partial charge in [-0.3, -0.25) is 0 Å². The first-order chi connectivity index (χ1) is 6.46. The van der Waals surface area contributed by atoms with E-state index in [2.05, 4.69) is 10.3 Å². The van der Waals surface area contributed by atoms with E-state index in [9.17, 15) is 8.78 Å². The van der Waals surface area contributed by atoms with Crippen molar-refractivity contribution in [1.82, 2.24) is 14.9 Å². The summed E-state index contributed by atoms with van der Waals surface area (Å²) in [4.78, 5) is 3.95. The Bertz CT molecular complexity index is 314. The highest BCUT2D eigenvalue weighted by molar-refractivity contribution is 14.1. The SMILES string of the molecule is CNCC(F)(F)Cn1cnc(I)c1I. The first kappa shape index (κ1) is 12.6. The minimum atomic E-state index is -2.74. The molecule has 0 aliphatic heterocycles. The van der Waals surface area contributed by atoms with Crippen molar-refractivity contribution in [2.75, 3.05) is 13.6 Å². The second-order valence-corrected chi connectivity index (χ2v) is 4.88. The maximum atomic E-state index is 13.2. The van der Waals surface area contributed by atoms with E-state index in [1.807, 2.05) is 45.2 Å². The predicted octanol–water partition coefficient (Wildman–Crippen LogP) is 1.95. The van der Waals surface area contributed by atoms with Crippen molar-refractivity contribution in [2.45, 2.75) is 12.5 Å². The maximum Gasteiger partial charge on any atom is 0.277 e. The van der Waals surface area contributed by atoms with Crippen LogP contribution in [0.25, 0.3) is 0 Å². The molecule has 0 aromatic carbocycles. The molecule has 1 aromatic heterocycles. The first-order valence-corrected chi connectivity index (χ1v) is 6.00. The molecule has 80 valence electrons. The molecule has 0 aliphatic rings. The smallest absolute Gasteiger partial charge is 0.277 e. The fraction of sp³-hybridized carbons (Fsp3) is 0.571. The van der Waals surface area contributed by atoms with Crippen LogP contribution >= 0.6 is 45.2 Å². The summed E-state index contributed by atoms with van der Waals surface area (Å²) in [5.74, 6) is -2.74. The Hall–Kier alpha value is 0.490. The van der Waals surface area contributed by atoms with Gasteiger partial charge in [-0.15, -0.1) is 0 Å². The summed E-state index contributed by atoms with van der Waals surface area (Å²) < 4.78 is 29.3. The molecule has 0 saturated carbocycles.